The first-order valence-electron chi connectivity index (χ1n) is 6.67. The highest BCUT2D eigenvalue weighted by Crippen LogP contribution is 2.30. The van der Waals surface area contributed by atoms with E-state index in [1.54, 1.807) is 0 Å². The molecule has 0 aromatic carbocycles. The van der Waals surface area contributed by atoms with Crippen LogP contribution in [0.4, 0.5) is 0 Å². The fraction of sp³-hybridized carbons (Fsp3) is 0.769. The second kappa shape index (κ2) is 6.08. The Kier molecular flexibility index (Phi) is 4.70. The van der Waals surface area contributed by atoms with Crippen LogP contribution in [0, 0.1) is 0 Å². The smallest absolute Gasteiger partial charge is 0.0538 e. The Labute approximate surface area is 114 Å². The van der Waals surface area contributed by atoms with Gasteiger partial charge in [0.1, 0.15) is 0 Å². The van der Waals surface area contributed by atoms with Crippen LogP contribution in [-0.2, 0) is 7.05 Å². The third-order valence-electron chi connectivity index (χ3n) is 3.86. The first-order valence-corrected chi connectivity index (χ1v) is 7.82. The highest BCUT2D eigenvalue weighted by Gasteiger charge is 2.30. The molecule has 102 valence electrons. The van der Waals surface area contributed by atoms with Crippen LogP contribution >= 0.6 is 11.8 Å². The molecule has 5 heteroatoms. The van der Waals surface area contributed by atoms with Gasteiger partial charge in [-0.25, -0.2) is 0 Å². The minimum Gasteiger partial charge on any atom is -0.326 e. The van der Waals surface area contributed by atoms with Crippen LogP contribution in [0.5, 0.6) is 0 Å². The van der Waals surface area contributed by atoms with Crippen molar-refractivity contribution in [3.63, 3.8) is 0 Å². The fourth-order valence-corrected chi connectivity index (χ4v) is 3.95. The first-order chi connectivity index (χ1) is 8.63. The molecule has 3 unspecified atom stereocenters. The summed E-state index contributed by atoms with van der Waals surface area (Å²) in [6, 6.07) is 1.11. The van der Waals surface area contributed by atoms with E-state index in [1.165, 1.54) is 23.5 Å². The topological polar surface area (TPSA) is 47.1 Å². The van der Waals surface area contributed by atoms with Gasteiger partial charge in [-0.05, 0) is 25.6 Å². The Morgan fingerprint density at radius 1 is 1.67 bits per heavy atom. The SMILES string of the molecule is CCC(N)C(c1cnn(C)c1)N(C)C1CCSC1. The molecule has 3 atom stereocenters. The van der Waals surface area contributed by atoms with Crippen LogP contribution in [0.2, 0.25) is 0 Å². The van der Waals surface area contributed by atoms with Gasteiger partial charge in [0.25, 0.3) is 0 Å². The van der Waals surface area contributed by atoms with Crippen molar-refractivity contribution in [2.24, 2.45) is 12.8 Å². The summed E-state index contributed by atoms with van der Waals surface area (Å²) in [5.74, 6) is 2.50. The van der Waals surface area contributed by atoms with Crippen LogP contribution in [0.15, 0.2) is 12.4 Å². The summed E-state index contributed by atoms with van der Waals surface area (Å²) in [4.78, 5) is 2.46. The van der Waals surface area contributed by atoms with Gasteiger partial charge in [-0.1, -0.05) is 6.92 Å². The minimum atomic E-state index is 0.171. The van der Waals surface area contributed by atoms with Gasteiger partial charge >= 0.3 is 0 Å². The Bertz CT molecular complexity index is 373. The number of nitrogens with two attached hydrogens (primary N) is 1. The zero-order chi connectivity index (χ0) is 13.1. The maximum Gasteiger partial charge on any atom is 0.0538 e. The van der Waals surface area contributed by atoms with E-state index >= 15 is 0 Å². The second-order valence-electron chi connectivity index (χ2n) is 5.15. The van der Waals surface area contributed by atoms with Crippen LogP contribution in [0.25, 0.3) is 0 Å². The monoisotopic (exact) mass is 268 g/mol. The maximum atomic E-state index is 6.34. The standard InChI is InChI=1S/C13H24N4S/c1-4-12(14)13(10-7-15-16(2)8-10)17(3)11-5-6-18-9-11/h7-8,11-13H,4-6,9,14H2,1-3H3. The van der Waals surface area contributed by atoms with E-state index in [2.05, 4.69) is 30.2 Å². The molecule has 0 spiro atoms. The van der Waals surface area contributed by atoms with Gasteiger partial charge in [0.05, 0.1) is 12.2 Å². The average molecular weight is 268 g/mol. The maximum absolute atomic E-state index is 6.34. The Hall–Kier alpha value is -0.520. The van der Waals surface area contributed by atoms with E-state index in [-0.39, 0.29) is 12.1 Å². The molecule has 0 aliphatic carbocycles. The summed E-state index contributed by atoms with van der Waals surface area (Å²) < 4.78 is 1.86. The lowest BCUT2D eigenvalue weighted by Crippen LogP contribution is -2.43. The van der Waals surface area contributed by atoms with Crippen LogP contribution in [-0.4, -0.2) is 45.3 Å². The van der Waals surface area contributed by atoms with E-state index < -0.39 is 0 Å². The van der Waals surface area contributed by atoms with Gasteiger partial charge in [-0.2, -0.15) is 16.9 Å². The lowest BCUT2D eigenvalue weighted by atomic mass is 9.97. The van der Waals surface area contributed by atoms with Crippen molar-refractivity contribution in [1.29, 1.82) is 0 Å². The molecule has 1 aromatic rings. The quantitative estimate of drug-likeness (QED) is 0.882. The summed E-state index contributed by atoms with van der Waals surface area (Å²) in [6.45, 7) is 2.16. The molecule has 1 aliphatic heterocycles. The molecule has 0 saturated carbocycles. The van der Waals surface area contributed by atoms with Crippen molar-refractivity contribution >= 4 is 11.8 Å². The third kappa shape index (κ3) is 2.90. The lowest BCUT2D eigenvalue weighted by molar-refractivity contribution is 0.161. The summed E-state index contributed by atoms with van der Waals surface area (Å²) in [7, 11) is 4.17. The molecule has 2 heterocycles. The number of thioether (sulfide) groups is 1. The molecule has 0 amide bonds. The molecular weight excluding hydrogens is 244 g/mol. The van der Waals surface area contributed by atoms with Gasteiger partial charge in [0.2, 0.25) is 0 Å². The normalized spacial score (nSPS) is 23.5. The van der Waals surface area contributed by atoms with Crippen molar-refractivity contribution in [3.05, 3.63) is 18.0 Å². The molecular formula is C13H24N4S. The van der Waals surface area contributed by atoms with Gasteiger partial charge in [0.15, 0.2) is 0 Å². The molecule has 1 saturated heterocycles. The van der Waals surface area contributed by atoms with Gasteiger partial charge in [0, 0.05) is 36.6 Å². The Morgan fingerprint density at radius 3 is 2.94 bits per heavy atom. The van der Waals surface area contributed by atoms with Crippen molar-refractivity contribution in [3.8, 4) is 0 Å². The predicted octanol–water partition coefficient (Wildman–Crippen LogP) is 1.64. The number of rotatable bonds is 5. The average Bonchev–Trinajstić information content (AvgIpc) is 3.00. The largest absolute Gasteiger partial charge is 0.326 e. The van der Waals surface area contributed by atoms with Gasteiger partial charge in [-0.15, -0.1) is 0 Å². The molecule has 0 radical (unpaired) electrons. The van der Waals surface area contributed by atoms with Crippen molar-refractivity contribution in [2.45, 2.75) is 37.9 Å². The predicted molar refractivity (Wildman–Crippen MR) is 77.7 cm³/mol. The molecule has 1 aliphatic rings. The summed E-state index contributed by atoms with van der Waals surface area (Å²) in [5, 5.41) is 4.29. The summed E-state index contributed by atoms with van der Waals surface area (Å²) in [6.07, 6.45) is 6.32. The number of nitrogens with zero attached hydrogens (tertiary/aromatic N) is 3. The van der Waals surface area contributed by atoms with E-state index in [0.29, 0.717) is 6.04 Å². The molecule has 0 bridgehead atoms. The van der Waals surface area contributed by atoms with Crippen molar-refractivity contribution < 1.29 is 0 Å². The molecule has 2 rings (SSSR count). The van der Waals surface area contributed by atoms with E-state index in [0.717, 1.165) is 6.42 Å². The molecule has 4 nitrogen and oxygen atoms in total. The summed E-state index contributed by atoms with van der Waals surface area (Å²) >= 11 is 2.04. The van der Waals surface area contributed by atoms with Crippen LogP contribution in [0.3, 0.4) is 0 Å². The van der Waals surface area contributed by atoms with Crippen LogP contribution in [0.1, 0.15) is 31.4 Å². The molecule has 1 fully saturated rings. The summed E-state index contributed by atoms with van der Waals surface area (Å²) in [5.41, 5.74) is 7.58. The van der Waals surface area contributed by atoms with Gasteiger partial charge in [-0.3, -0.25) is 9.58 Å². The molecule has 1 aromatic heterocycles. The zero-order valence-electron chi connectivity index (χ0n) is 11.5. The van der Waals surface area contributed by atoms with E-state index in [9.17, 15) is 0 Å². The molecule has 2 N–H and O–H groups in total. The number of likely N-dealkylation sites (N-methyl/N-ethyl adjacent to an activating group) is 1. The molecule has 18 heavy (non-hydrogen) atoms. The Morgan fingerprint density at radius 2 is 2.44 bits per heavy atom. The highest BCUT2D eigenvalue weighted by molar-refractivity contribution is 7.99. The van der Waals surface area contributed by atoms with E-state index in [1.807, 2.05) is 29.7 Å². The number of aryl methyl sites for hydroxylation is 1. The zero-order valence-corrected chi connectivity index (χ0v) is 12.4. The third-order valence-corrected chi connectivity index (χ3v) is 5.01. The second-order valence-corrected chi connectivity index (χ2v) is 6.30. The lowest BCUT2D eigenvalue weighted by Gasteiger charge is -2.35. The van der Waals surface area contributed by atoms with Crippen molar-refractivity contribution in [1.82, 2.24) is 14.7 Å². The highest BCUT2D eigenvalue weighted by atomic mass is 32.2. The number of hydrogen-bond acceptors (Lipinski definition) is 4. The van der Waals surface area contributed by atoms with E-state index in [4.69, 9.17) is 5.73 Å². The van der Waals surface area contributed by atoms with Gasteiger partial charge < -0.3 is 5.73 Å². The first kappa shape index (κ1) is 13.9. The van der Waals surface area contributed by atoms with Crippen molar-refractivity contribution in [2.75, 3.05) is 18.6 Å². The van der Waals surface area contributed by atoms with Crippen LogP contribution < -0.4 is 5.73 Å². The fourth-order valence-electron chi connectivity index (χ4n) is 2.67. The minimum absolute atomic E-state index is 0.171. The number of hydrogen-bond donors (Lipinski definition) is 1. The number of aromatic nitrogens is 2. The Balaban J connectivity index is 2.18.